The van der Waals surface area contributed by atoms with Gasteiger partial charge in [-0.1, -0.05) is 29.8 Å². The molecule has 2 aromatic rings. The molecule has 1 aromatic heterocycles. The maximum Gasteiger partial charge on any atom is 0.407 e. The number of nitrogens with zero attached hydrogens (tertiary/aromatic N) is 3. The monoisotopic (exact) mass is 622 g/mol. The van der Waals surface area contributed by atoms with E-state index in [-0.39, 0.29) is 49.0 Å². The van der Waals surface area contributed by atoms with Crippen molar-refractivity contribution in [2.24, 2.45) is 0 Å². The summed E-state index contributed by atoms with van der Waals surface area (Å²) >= 11 is 11.9. The van der Waals surface area contributed by atoms with Crippen molar-refractivity contribution in [3.05, 3.63) is 40.5 Å². The fraction of sp³-hybridized carbons (Fsp3) is 0.536. The Labute approximate surface area is 256 Å². The molecule has 1 amide bonds. The molecule has 0 bridgehead atoms. The predicted molar refractivity (Wildman–Crippen MR) is 164 cm³/mol. The van der Waals surface area contributed by atoms with Crippen LogP contribution in [0.5, 0.6) is 0 Å². The Hall–Kier alpha value is -3.58. The maximum atomic E-state index is 13.3. The molecule has 42 heavy (non-hydrogen) atoms. The van der Waals surface area contributed by atoms with Crippen molar-refractivity contribution in [3.8, 4) is 0 Å². The number of nitrogens with one attached hydrogen (secondary N) is 3. The van der Waals surface area contributed by atoms with Gasteiger partial charge >= 0.3 is 18.0 Å². The molecule has 12 nitrogen and oxygen atoms in total. The molecule has 0 saturated carbocycles. The van der Waals surface area contributed by atoms with Gasteiger partial charge in [0.05, 0.1) is 19.8 Å². The number of piperidine rings is 1. The maximum absolute atomic E-state index is 13.3. The third-order valence-electron chi connectivity index (χ3n) is 6.06. The minimum atomic E-state index is -0.627. The fourth-order valence-electron chi connectivity index (χ4n) is 4.39. The Morgan fingerprint density at radius 2 is 1.86 bits per heavy atom. The van der Waals surface area contributed by atoms with Crippen LogP contribution < -0.4 is 20.9 Å². The first-order valence-electron chi connectivity index (χ1n) is 13.9. The molecule has 0 aliphatic carbocycles. The number of halogens is 1. The molecule has 1 aromatic carbocycles. The molecule has 1 fully saturated rings. The molecule has 14 heteroatoms. The summed E-state index contributed by atoms with van der Waals surface area (Å²) in [5.74, 6) is -0.475. The van der Waals surface area contributed by atoms with E-state index in [1.54, 1.807) is 24.5 Å². The molecule has 0 unspecified atom stereocenters. The van der Waals surface area contributed by atoms with Crippen molar-refractivity contribution in [2.45, 2.75) is 65.6 Å². The standard InChI is InChI=1S/C28H39ClN6O6S/c1-6-39-21(36)15-30-25(42)32-23-22(24(37)40-7-2)35(16-18-11-8-9-13-20(18)29)26(33-23)34-14-10-12-19(17-34)31-27(38)41-28(3,4)5/h8-9,11,13,19H,6-7,10,12,14-17H2,1-5H3,(H,31,38)(H2,30,32,42)/t19-/m1/s1. The molecule has 1 aliphatic rings. The highest BCUT2D eigenvalue weighted by atomic mass is 35.5. The van der Waals surface area contributed by atoms with Gasteiger partial charge in [0.2, 0.25) is 5.95 Å². The highest BCUT2D eigenvalue weighted by Crippen LogP contribution is 2.30. The largest absolute Gasteiger partial charge is 0.465 e. The zero-order valence-electron chi connectivity index (χ0n) is 24.6. The van der Waals surface area contributed by atoms with E-state index in [1.165, 1.54) is 0 Å². The molecular weight excluding hydrogens is 584 g/mol. The van der Waals surface area contributed by atoms with Crippen molar-refractivity contribution in [3.63, 3.8) is 0 Å². The summed E-state index contributed by atoms with van der Waals surface area (Å²) < 4.78 is 17.5. The quantitative estimate of drug-likeness (QED) is 0.201. The molecule has 1 saturated heterocycles. The van der Waals surface area contributed by atoms with Gasteiger partial charge in [-0.15, -0.1) is 0 Å². The van der Waals surface area contributed by atoms with Gasteiger partial charge in [0, 0.05) is 24.2 Å². The van der Waals surface area contributed by atoms with Crippen LogP contribution in [0.2, 0.25) is 5.02 Å². The first kappa shape index (κ1) is 32.9. The van der Waals surface area contributed by atoms with Crippen LogP contribution >= 0.6 is 23.8 Å². The average Bonchev–Trinajstić information content (AvgIpc) is 3.25. The van der Waals surface area contributed by atoms with E-state index in [4.69, 9.17) is 43.0 Å². The van der Waals surface area contributed by atoms with E-state index in [0.717, 1.165) is 18.4 Å². The highest BCUT2D eigenvalue weighted by Gasteiger charge is 2.31. The van der Waals surface area contributed by atoms with Crippen LogP contribution in [-0.2, 0) is 25.5 Å². The van der Waals surface area contributed by atoms with Gasteiger partial charge in [-0.05, 0) is 71.3 Å². The number of alkyl carbamates (subject to hydrolysis) is 1. The third kappa shape index (κ3) is 9.48. The van der Waals surface area contributed by atoms with Crippen molar-refractivity contribution < 1.29 is 28.6 Å². The minimum Gasteiger partial charge on any atom is -0.465 e. The zero-order chi connectivity index (χ0) is 30.9. The van der Waals surface area contributed by atoms with Crippen LogP contribution in [0, 0.1) is 0 Å². The smallest absolute Gasteiger partial charge is 0.407 e. The summed E-state index contributed by atoms with van der Waals surface area (Å²) in [5, 5.41) is 9.27. The van der Waals surface area contributed by atoms with Gasteiger partial charge in [0.25, 0.3) is 0 Å². The molecule has 1 aliphatic heterocycles. The van der Waals surface area contributed by atoms with E-state index in [2.05, 4.69) is 16.0 Å². The molecule has 0 spiro atoms. The Kier molecular flexibility index (Phi) is 11.8. The van der Waals surface area contributed by atoms with E-state index < -0.39 is 23.6 Å². The zero-order valence-corrected chi connectivity index (χ0v) is 26.2. The fourth-order valence-corrected chi connectivity index (χ4v) is 4.75. The Balaban J connectivity index is 1.98. The van der Waals surface area contributed by atoms with Gasteiger partial charge in [-0.25, -0.2) is 9.59 Å². The number of hydrogen-bond acceptors (Lipinski definition) is 9. The lowest BCUT2D eigenvalue weighted by atomic mass is 10.1. The van der Waals surface area contributed by atoms with E-state index >= 15 is 0 Å². The molecule has 0 radical (unpaired) electrons. The van der Waals surface area contributed by atoms with Gasteiger partial charge < -0.3 is 35.1 Å². The summed E-state index contributed by atoms with van der Waals surface area (Å²) in [6.45, 7) is 10.3. The number of thiocarbonyl (C=S) groups is 1. The lowest BCUT2D eigenvalue weighted by Crippen LogP contribution is -2.49. The number of aromatic nitrogens is 2. The number of ether oxygens (including phenoxy) is 3. The van der Waals surface area contributed by atoms with Crippen LogP contribution in [-0.4, -0.2) is 77.2 Å². The topological polar surface area (TPSA) is 136 Å². The van der Waals surface area contributed by atoms with Crippen molar-refractivity contribution in [2.75, 3.05) is 43.1 Å². The van der Waals surface area contributed by atoms with E-state index in [1.807, 2.05) is 43.9 Å². The number of esters is 2. The number of amides is 1. The van der Waals surface area contributed by atoms with Crippen LogP contribution in [0.4, 0.5) is 16.6 Å². The summed E-state index contributed by atoms with van der Waals surface area (Å²) in [6.07, 6.45) is 1.01. The lowest BCUT2D eigenvalue weighted by Gasteiger charge is -2.34. The Morgan fingerprint density at radius 1 is 1.14 bits per heavy atom. The van der Waals surface area contributed by atoms with E-state index in [0.29, 0.717) is 24.1 Å². The summed E-state index contributed by atoms with van der Waals surface area (Å²) in [7, 11) is 0. The van der Waals surface area contributed by atoms with Crippen LogP contribution in [0.25, 0.3) is 0 Å². The number of carbonyl (C=O) groups excluding carboxylic acids is 3. The third-order valence-corrected chi connectivity index (χ3v) is 6.67. The number of hydrogen-bond donors (Lipinski definition) is 3. The van der Waals surface area contributed by atoms with Gasteiger partial charge in [0.15, 0.2) is 16.6 Å². The Bertz CT molecular complexity index is 1280. The van der Waals surface area contributed by atoms with Crippen LogP contribution in [0.1, 0.15) is 63.5 Å². The van der Waals surface area contributed by atoms with Crippen molar-refractivity contribution in [1.29, 1.82) is 0 Å². The second kappa shape index (κ2) is 15.1. The number of rotatable bonds is 10. The summed E-state index contributed by atoms with van der Waals surface area (Å²) in [5.41, 5.74) is 0.269. The average molecular weight is 623 g/mol. The molecule has 230 valence electrons. The molecule has 1 atom stereocenters. The molecule has 3 rings (SSSR count). The predicted octanol–water partition coefficient (Wildman–Crippen LogP) is 4.10. The van der Waals surface area contributed by atoms with Crippen LogP contribution in [0.3, 0.4) is 0 Å². The van der Waals surface area contributed by atoms with Crippen LogP contribution in [0.15, 0.2) is 24.3 Å². The molecule has 3 N–H and O–H groups in total. The molecule has 2 heterocycles. The first-order valence-corrected chi connectivity index (χ1v) is 14.7. The number of imidazole rings is 1. The number of carbonyl (C=O) groups is 3. The second-order valence-corrected chi connectivity index (χ2v) is 11.4. The second-order valence-electron chi connectivity index (χ2n) is 10.6. The lowest BCUT2D eigenvalue weighted by molar-refractivity contribution is -0.141. The number of anilines is 2. The highest BCUT2D eigenvalue weighted by molar-refractivity contribution is 7.80. The SMILES string of the molecule is CCOC(=O)CNC(=S)Nc1nc(N2CCC[C@@H](NC(=O)OC(C)(C)C)C2)n(Cc2ccccc2Cl)c1C(=O)OCC. The van der Waals surface area contributed by atoms with Crippen molar-refractivity contribution >= 4 is 58.7 Å². The first-order chi connectivity index (χ1) is 19.9. The minimum absolute atomic E-state index is 0.0747. The summed E-state index contributed by atoms with van der Waals surface area (Å²) in [4.78, 5) is 44.4. The van der Waals surface area contributed by atoms with E-state index in [9.17, 15) is 14.4 Å². The van der Waals surface area contributed by atoms with Crippen molar-refractivity contribution in [1.82, 2.24) is 20.2 Å². The Morgan fingerprint density at radius 3 is 2.52 bits per heavy atom. The van der Waals surface area contributed by atoms with Gasteiger partial charge in [0.1, 0.15) is 12.1 Å². The summed E-state index contributed by atoms with van der Waals surface area (Å²) in [6, 6.07) is 7.10. The molecular formula is C28H39ClN6O6S. The van der Waals surface area contributed by atoms with Gasteiger partial charge in [-0.3, -0.25) is 9.36 Å². The van der Waals surface area contributed by atoms with Gasteiger partial charge in [-0.2, -0.15) is 4.98 Å². The number of benzene rings is 1. The normalized spacial score (nSPS) is 15.0.